The number of nitrogens with zero attached hydrogens (tertiary/aromatic N) is 3. The molecule has 6 heteroatoms. The highest BCUT2D eigenvalue weighted by Gasteiger charge is 2.36. The van der Waals surface area contributed by atoms with E-state index < -0.39 is 4.92 Å². The van der Waals surface area contributed by atoms with Crippen molar-refractivity contribution in [2.75, 3.05) is 11.4 Å². The van der Waals surface area contributed by atoms with Gasteiger partial charge in [-0.2, -0.15) is 0 Å². The van der Waals surface area contributed by atoms with Gasteiger partial charge in [0.1, 0.15) is 0 Å². The summed E-state index contributed by atoms with van der Waals surface area (Å²) in [5, 5.41) is 11.4. The highest BCUT2D eigenvalue weighted by Crippen LogP contribution is 2.45. The average molecular weight is 400 g/mol. The lowest BCUT2D eigenvalue weighted by Gasteiger charge is -2.47. The Morgan fingerprint density at radius 2 is 2.00 bits per heavy atom. The normalized spacial score (nSPS) is 18.3. The van der Waals surface area contributed by atoms with Crippen molar-refractivity contribution in [2.45, 2.75) is 52.0 Å². The first-order chi connectivity index (χ1) is 13.2. The van der Waals surface area contributed by atoms with Gasteiger partial charge in [0.15, 0.2) is 0 Å². The minimum atomic E-state index is -0.418. The monoisotopic (exact) mass is 399 g/mol. The topological polar surface area (TPSA) is 58.7 Å². The average Bonchev–Trinajstić information content (AvgIpc) is 2.63. The van der Waals surface area contributed by atoms with Gasteiger partial charge in [0.2, 0.25) is 0 Å². The van der Waals surface area contributed by atoms with Gasteiger partial charge < -0.3 is 4.90 Å². The lowest BCUT2D eigenvalue weighted by atomic mass is 9.79. The van der Waals surface area contributed by atoms with Crippen molar-refractivity contribution < 1.29 is 4.92 Å². The van der Waals surface area contributed by atoms with E-state index >= 15 is 0 Å². The summed E-state index contributed by atoms with van der Waals surface area (Å²) in [6.07, 6.45) is 3.90. The molecule has 2 aromatic carbocycles. The van der Waals surface area contributed by atoms with Gasteiger partial charge in [0.05, 0.1) is 15.6 Å². The molecule has 5 nitrogen and oxygen atoms in total. The lowest BCUT2D eigenvalue weighted by Crippen LogP contribution is -2.48. The molecule has 1 aliphatic rings. The Hall–Kier alpha value is -2.40. The molecule has 1 atom stereocenters. The minimum absolute atomic E-state index is 0.0539. The van der Waals surface area contributed by atoms with E-state index in [4.69, 9.17) is 11.6 Å². The van der Waals surface area contributed by atoms with Crippen LogP contribution in [0.3, 0.4) is 0 Å². The molecule has 0 N–H and O–H groups in total. The van der Waals surface area contributed by atoms with Crippen LogP contribution >= 0.6 is 11.6 Å². The summed E-state index contributed by atoms with van der Waals surface area (Å²) in [4.78, 5) is 17.3. The molecule has 148 valence electrons. The Morgan fingerprint density at radius 1 is 1.32 bits per heavy atom. The molecule has 0 aliphatic carbocycles. The van der Waals surface area contributed by atoms with E-state index in [1.165, 1.54) is 23.4 Å². The molecule has 2 aromatic rings. The van der Waals surface area contributed by atoms with Crippen molar-refractivity contribution in [1.82, 2.24) is 0 Å². The molecular formula is C22H26ClN3O2. The van der Waals surface area contributed by atoms with Crippen LogP contribution in [0.5, 0.6) is 0 Å². The van der Waals surface area contributed by atoms with Crippen LogP contribution in [-0.2, 0) is 0 Å². The SMILES string of the molecule is CCCN1c2cc(Cl)c(C=Nc3ccc([N+](=O)[O-])cc3)cc2C(C)CC1(C)C. The summed E-state index contributed by atoms with van der Waals surface area (Å²) in [5.41, 5.74) is 4.17. The summed E-state index contributed by atoms with van der Waals surface area (Å²) in [5.74, 6) is 0.432. The molecular weight excluding hydrogens is 374 g/mol. The van der Waals surface area contributed by atoms with Crippen molar-refractivity contribution >= 4 is 34.9 Å². The van der Waals surface area contributed by atoms with Gasteiger partial charge in [0, 0.05) is 41.7 Å². The zero-order valence-corrected chi connectivity index (χ0v) is 17.5. The third-order valence-electron chi connectivity index (χ3n) is 5.36. The van der Waals surface area contributed by atoms with Crippen molar-refractivity contribution in [3.05, 3.63) is 62.7 Å². The largest absolute Gasteiger partial charge is 0.366 e. The first kappa shape index (κ1) is 20.3. The van der Waals surface area contributed by atoms with Crippen molar-refractivity contribution in [2.24, 2.45) is 4.99 Å². The Kier molecular flexibility index (Phi) is 5.75. The maximum absolute atomic E-state index is 10.8. The van der Waals surface area contributed by atoms with E-state index in [2.05, 4.69) is 49.7 Å². The fourth-order valence-electron chi connectivity index (χ4n) is 4.07. The molecule has 28 heavy (non-hydrogen) atoms. The number of aliphatic imine (C=N–C) groups is 1. The molecule has 0 saturated heterocycles. The highest BCUT2D eigenvalue weighted by molar-refractivity contribution is 6.33. The van der Waals surface area contributed by atoms with Crippen molar-refractivity contribution in [3.63, 3.8) is 0 Å². The van der Waals surface area contributed by atoms with Crippen LogP contribution in [0.4, 0.5) is 17.1 Å². The molecule has 3 rings (SSSR count). The first-order valence-corrected chi connectivity index (χ1v) is 10.0. The predicted octanol–water partition coefficient (Wildman–Crippen LogP) is 6.50. The van der Waals surface area contributed by atoms with Crippen molar-refractivity contribution in [3.8, 4) is 0 Å². The van der Waals surface area contributed by atoms with Crippen LogP contribution < -0.4 is 4.90 Å². The number of hydrogen-bond acceptors (Lipinski definition) is 4. The van der Waals surface area contributed by atoms with Gasteiger partial charge >= 0.3 is 0 Å². The van der Waals surface area contributed by atoms with Gasteiger partial charge in [-0.15, -0.1) is 0 Å². The summed E-state index contributed by atoms with van der Waals surface area (Å²) in [6.45, 7) is 10.0. The van der Waals surface area contributed by atoms with E-state index in [1.54, 1.807) is 18.3 Å². The van der Waals surface area contributed by atoms with Crippen LogP contribution in [0.1, 0.15) is 57.6 Å². The number of non-ortho nitro benzene ring substituents is 1. The predicted molar refractivity (Wildman–Crippen MR) is 117 cm³/mol. The number of hydrogen-bond donors (Lipinski definition) is 0. The second-order valence-corrected chi connectivity index (χ2v) is 8.44. The van der Waals surface area contributed by atoms with Crippen LogP contribution in [-0.4, -0.2) is 23.2 Å². The Labute approximate surface area is 171 Å². The molecule has 1 unspecified atom stereocenters. The van der Waals surface area contributed by atoms with Crippen LogP contribution in [0.15, 0.2) is 41.4 Å². The minimum Gasteiger partial charge on any atom is -0.366 e. The maximum atomic E-state index is 10.8. The molecule has 0 bridgehead atoms. The zero-order valence-electron chi connectivity index (χ0n) is 16.8. The van der Waals surface area contributed by atoms with Gasteiger partial charge in [-0.3, -0.25) is 15.1 Å². The fourth-order valence-corrected chi connectivity index (χ4v) is 4.28. The Balaban J connectivity index is 1.94. The summed E-state index contributed by atoms with van der Waals surface area (Å²) in [7, 11) is 0. The molecule has 0 amide bonds. The molecule has 0 saturated carbocycles. The zero-order chi connectivity index (χ0) is 20.5. The van der Waals surface area contributed by atoms with Crippen LogP contribution in [0, 0.1) is 10.1 Å². The number of benzene rings is 2. The van der Waals surface area contributed by atoms with Gasteiger partial charge in [-0.05, 0) is 62.4 Å². The first-order valence-electron chi connectivity index (χ1n) is 9.62. The molecule has 0 radical (unpaired) electrons. The van der Waals surface area contributed by atoms with E-state index in [9.17, 15) is 10.1 Å². The molecule has 1 heterocycles. The highest BCUT2D eigenvalue weighted by atomic mass is 35.5. The molecule has 0 fully saturated rings. The Morgan fingerprint density at radius 3 is 2.61 bits per heavy atom. The standard InChI is InChI=1S/C22H26ClN3O2/c1-5-10-25-21-12-20(23)16(11-19(21)15(2)13-22(25,3)4)14-24-17-6-8-18(9-7-17)26(27)28/h6-9,11-12,14-15H,5,10,13H2,1-4H3. The van der Waals surface area contributed by atoms with Gasteiger partial charge in [0.25, 0.3) is 5.69 Å². The molecule has 0 aromatic heterocycles. The third-order valence-corrected chi connectivity index (χ3v) is 5.69. The van der Waals surface area contributed by atoms with Crippen LogP contribution in [0.2, 0.25) is 5.02 Å². The number of nitro groups is 1. The summed E-state index contributed by atoms with van der Waals surface area (Å²) >= 11 is 6.59. The van der Waals surface area contributed by atoms with E-state index in [1.807, 2.05) is 0 Å². The van der Waals surface area contributed by atoms with E-state index in [0.29, 0.717) is 16.6 Å². The second kappa shape index (κ2) is 7.92. The molecule has 1 aliphatic heterocycles. The van der Waals surface area contributed by atoms with Gasteiger partial charge in [-0.25, -0.2) is 0 Å². The van der Waals surface area contributed by atoms with Gasteiger partial charge in [-0.1, -0.05) is 25.4 Å². The number of halogens is 1. The quantitative estimate of drug-likeness (QED) is 0.327. The summed E-state index contributed by atoms with van der Waals surface area (Å²) < 4.78 is 0. The fraction of sp³-hybridized carbons (Fsp3) is 0.409. The van der Waals surface area contributed by atoms with Crippen molar-refractivity contribution in [1.29, 1.82) is 0 Å². The number of anilines is 1. The second-order valence-electron chi connectivity index (χ2n) is 8.03. The summed E-state index contributed by atoms with van der Waals surface area (Å²) in [6, 6.07) is 10.4. The van der Waals surface area contributed by atoms with Crippen LogP contribution in [0.25, 0.3) is 0 Å². The number of fused-ring (bicyclic) bond motifs is 1. The smallest absolute Gasteiger partial charge is 0.269 e. The number of nitro benzene ring substituents is 1. The number of rotatable bonds is 5. The third kappa shape index (κ3) is 4.04. The lowest BCUT2D eigenvalue weighted by molar-refractivity contribution is -0.384. The maximum Gasteiger partial charge on any atom is 0.269 e. The molecule has 0 spiro atoms. The Bertz CT molecular complexity index is 907. The van der Waals surface area contributed by atoms with E-state index in [-0.39, 0.29) is 11.2 Å². The van der Waals surface area contributed by atoms with E-state index in [0.717, 1.165) is 24.9 Å².